The Morgan fingerprint density at radius 1 is 0.609 bits per heavy atom. The van der Waals surface area contributed by atoms with Crippen LogP contribution in [0.4, 0.5) is 11.5 Å². The van der Waals surface area contributed by atoms with Crippen LogP contribution in [0.25, 0.3) is 22.3 Å². The van der Waals surface area contributed by atoms with Gasteiger partial charge in [-0.15, -0.1) is 0 Å². The Morgan fingerprint density at radius 2 is 1.20 bits per heavy atom. The Bertz CT molecular complexity index is 2450. The topological polar surface area (TPSA) is 141 Å². The normalized spacial score (nSPS) is 23.2. The maximum absolute atomic E-state index is 12.5. The third-order valence-electron chi connectivity index (χ3n) is 15.4. The lowest BCUT2D eigenvalue weighted by Crippen LogP contribution is -2.54. The molecule has 3 N–H and O–H groups in total. The fraction of sp³-hybridized carbons (Fsp3) is 0.500. The third kappa shape index (κ3) is 8.36. The molecule has 6 aliphatic heterocycles. The molecule has 2 amide bonds. The maximum Gasteiger partial charge on any atom is 0.243 e. The molecule has 2 aromatic heterocycles. The van der Waals surface area contributed by atoms with Crippen LogP contribution in [0.3, 0.4) is 0 Å². The molecule has 0 radical (unpaired) electrons. The molecule has 6 aliphatic rings. The van der Waals surface area contributed by atoms with Gasteiger partial charge in [-0.25, -0.2) is 14.6 Å². The predicted molar refractivity (Wildman–Crippen MR) is 248 cm³/mol. The van der Waals surface area contributed by atoms with Gasteiger partial charge in [-0.2, -0.15) is 5.10 Å². The molecule has 0 spiro atoms. The summed E-state index contributed by atoms with van der Waals surface area (Å²) in [7, 11) is 0. The summed E-state index contributed by atoms with van der Waals surface area (Å²) >= 11 is 0. The third-order valence-corrected chi connectivity index (χ3v) is 15.4. The number of hydrogen-bond acceptors (Lipinski definition) is 12. The van der Waals surface area contributed by atoms with Crippen molar-refractivity contribution in [2.75, 3.05) is 63.0 Å². The van der Waals surface area contributed by atoms with E-state index in [2.05, 4.69) is 57.7 Å². The minimum absolute atomic E-state index is 0.142. The monoisotopic (exact) mass is 863 g/mol. The number of benzene rings is 3. The second-order valence-electron chi connectivity index (χ2n) is 19.0. The molecule has 64 heavy (non-hydrogen) atoms. The number of nitrogens with one attached hydrogen (secondary N) is 1. The van der Waals surface area contributed by atoms with Crippen molar-refractivity contribution < 1.29 is 14.3 Å². The van der Waals surface area contributed by atoms with Gasteiger partial charge in [0, 0.05) is 75.1 Å². The number of likely N-dealkylation sites (tertiary alicyclic amines) is 3. The van der Waals surface area contributed by atoms with E-state index in [1.807, 2.05) is 54.6 Å². The van der Waals surface area contributed by atoms with Crippen LogP contribution in [0.1, 0.15) is 81.4 Å². The number of rotatable bonds is 9. The lowest BCUT2D eigenvalue weighted by Gasteiger charge is -2.47. The van der Waals surface area contributed by atoms with E-state index in [0.29, 0.717) is 36.8 Å². The van der Waals surface area contributed by atoms with Gasteiger partial charge in [-0.05, 0) is 144 Å². The maximum atomic E-state index is 12.5. The second kappa shape index (κ2) is 17.9. The molecule has 14 nitrogen and oxygen atoms in total. The van der Waals surface area contributed by atoms with E-state index in [1.54, 1.807) is 6.33 Å². The molecule has 0 saturated carbocycles. The van der Waals surface area contributed by atoms with E-state index in [9.17, 15) is 9.59 Å². The van der Waals surface area contributed by atoms with Crippen molar-refractivity contribution in [3.63, 3.8) is 0 Å². The molecule has 11 rings (SSSR count). The van der Waals surface area contributed by atoms with Crippen LogP contribution >= 0.6 is 0 Å². The van der Waals surface area contributed by atoms with Gasteiger partial charge in [0.25, 0.3) is 0 Å². The molecule has 0 aliphatic carbocycles. The standard InChI is InChI=1S/C50H61N11O3/c51-48-46-47(34-7-10-43(11-8-34)64-42-4-2-1-3-5-42)55-61(49(46)53-33-52-48)40-20-28-58(29-21-40)38-16-24-56(25-17-38)37-14-22-57(23-15-37)39-18-26-59(27-19-39)41-9-6-35-31-60(32-36(35)30-41)44-12-13-45(62)54-50(44)63/h1-11,30,33,37-40,44H,12-29,31-32H2,(H2,51,52,53)(H,54,62,63). The molecule has 14 heteroatoms. The number of imide groups is 1. The van der Waals surface area contributed by atoms with Gasteiger partial charge in [0.15, 0.2) is 5.65 Å². The lowest BCUT2D eigenvalue weighted by molar-refractivity contribution is -0.137. The number of amides is 2. The molecule has 0 bridgehead atoms. The Labute approximate surface area is 375 Å². The highest BCUT2D eigenvalue weighted by molar-refractivity contribution is 6.00. The zero-order chi connectivity index (χ0) is 43.1. The van der Waals surface area contributed by atoms with Crippen molar-refractivity contribution in [3.8, 4) is 22.8 Å². The van der Waals surface area contributed by atoms with E-state index in [0.717, 1.165) is 85.9 Å². The van der Waals surface area contributed by atoms with E-state index in [1.165, 1.54) is 81.5 Å². The van der Waals surface area contributed by atoms with Crippen LogP contribution in [0.5, 0.6) is 11.5 Å². The zero-order valence-electron chi connectivity index (χ0n) is 36.9. The summed E-state index contributed by atoms with van der Waals surface area (Å²) in [6, 6.07) is 26.8. The van der Waals surface area contributed by atoms with E-state index in [4.69, 9.17) is 20.6 Å². The van der Waals surface area contributed by atoms with Crippen LogP contribution in [-0.4, -0.2) is 128 Å². The quantitative estimate of drug-likeness (QED) is 0.163. The van der Waals surface area contributed by atoms with Gasteiger partial charge in [-0.1, -0.05) is 24.3 Å². The van der Waals surface area contributed by atoms with Gasteiger partial charge in [0.2, 0.25) is 11.8 Å². The summed E-state index contributed by atoms with van der Waals surface area (Å²) < 4.78 is 8.17. The molecule has 334 valence electrons. The molecule has 1 unspecified atom stereocenters. The number of fused-ring (bicyclic) bond motifs is 2. The van der Waals surface area contributed by atoms with Crippen molar-refractivity contribution >= 4 is 34.4 Å². The predicted octanol–water partition coefficient (Wildman–Crippen LogP) is 6.22. The van der Waals surface area contributed by atoms with Crippen molar-refractivity contribution in [1.82, 2.24) is 44.7 Å². The molecular formula is C50H61N11O3. The van der Waals surface area contributed by atoms with Gasteiger partial charge >= 0.3 is 0 Å². The second-order valence-corrected chi connectivity index (χ2v) is 19.0. The van der Waals surface area contributed by atoms with Crippen LogP contribution in [0.15, 0.2) is 79.1 Å². The van der Waals surface area contributed by atoms with E-state index >= 15 is 0 Å². The number of para-hydroxylation sites is 1. The first-order chi connectivity index (χ1) is 31.4. The highest BCUT2D eigenvalue weighted by atomic mass is 16.5. The van der Waals surface area contributed by atoms with Gasteiger partial charge in [0.1, 0.15) is 29.3 Å². The van der Waals surface area contributed by atoms with Crippen molar-refractivity contribution in [1.29, 1.82) is 0 Å². The molecular weight excluding hydrogens is 803 g/mol. The molecule has 3 aromatic carbocycles. The summed E-state index contributed by atoms with van der Waals surface area (Å²) in [4.78, 5) is 46.4. The van der Waals surface area contributed by atoms with Crippen LogP contribution in [0, 0.1) is 0 Å². The SMILES string of the molecule is Nc1ncnc2c1c(-c1ccc(Oc3ccccc3)cc1)nn2C1CCN(C2CCN(C3CCN(C4CCN(c5ccc6c(c5)CN(C5CCC(=O)NC5=O)C6)CC4)CC3)CC2)CC1. The number of hydrogen-bond donors (Lipinski definition) is 2. The fourth-order valence-electron chi connectivity index (χ4n) is 11.8. The molecule has 5 fully saturated rings. The molecule has 1 atom stereocenters. The minimum Gasteiger partial charge on any atom is -0.457 e. The van der Waals surface area contributed by atoms with E-state index < -0.39 is 0 Å². The van der Waals surface area contributed by atoms with E-state index in [-0.39, 0.29) is 23.9 Å². The summed E-state index contributed by atoms with van der Waals surface area (Å²) in [5, 5.41) is 8.53. The van der Waals surface area contributed by atoms with Crippen molar-refractivity contribution in [2.45, 2.75) is 108 Å². The number of anilines is 2. The van der Waals surface area contributed by atoms with Crippen molar-refractivity contribution in [2.24, 2.45) is 0 Å². The minimum atomic E-state index is -0.211. The largest absolute Gasteiger partial charge is 0.457 e. The smallest absolute Gasteiger partial charge is 0.243 e. The molecule has 8 heterocycles. The highest BCUT2D eigenvalue weighted by Gasteiger charge is 2.37. The number of aromatic nitrogens is 4. The lowest BCUT2D eigenvalue weighted by atomic mass is 9.93. The fourth-order valence-corrected chi connectivity index (χ4v) is 11.8. The average Bonchev–Trinajstić information content (AvgIpc) is 3.95. The number of nitrogen functional groups attached to an aromatic ring is 1. The zero-order valence-corrected chi connectivity index (χ0v) is 36.9. The Hall–Kier alpha value is -5.41. The van der Waals surface area contributed by atoms with Crippen molar-refractivity contribution in [3.05, 3.63) is 90.3 Å². The Morgan fingerprint density at radius 3 is 1.84 bits per heavy atom. The average molecular weight is 864 g/mol. The number of carbonyl (C=O) groups is 2. The summed E-state index contributed by atoms with van der Waals surface area (Å²) in [6.07, 6.45) is 12.2. The van der Waals surface area contributed by atoms with Crippen LogP contribution < -0.4 is 20.7 Å². The first kappa shape index (κ1) is 41.3. The first-order valence-corrected chi connectivity index (χ1v) is 23.9. The van der Waals surface area contributed by atoms with Gasteiger partial charge in [0.05, 0.1) is 17.5 Å². The summed E-state index contributed by atoms with van der Waals surface area (Å²) in [5.74, 6) is 1.74. The number of ether oxygens (including phenoxy) is 1. The number of nitrogens with two attached hydrogens (primary N) is 1. The molecule has 5 aromatic rings. The van der Waals surface area contributed by atoms with Crippen LogP contribution in [-0.2, 0) is 22.7 Å². The summed E-state index contributed by atoms with van der Waals surface area (Å²) in [5.41, 5.74) is 13.0. The molecule has 5 saturated heterocycles. The first-order valence-electron chi connectivity index (χ1n) is 23.9. The Kier molecular flexibility index (Phi) is 11.5. The van der Waals surface area contributed by atoms with Crippen LogP contribution in [0.2, 0.25) is 0 Å². The highest BCUT2D eigenvalue weighted by Crippen LogP contribution is 2.37. The number of carbonyl (C=O) groups excluding carboxylic acids is 2. The van der Waals surface area contributed by atoms with Gasteiger partial charge < -0.3 is 30.1 Å². The number of nitrogens with zero attached hydrogens (tertiary/aromatic N) is 9. The Balaban J connectivity index is 0.630. The van der Waals surface area contributed by atoms with Gasteiger partial charge in [-0.3, -0.25) is 19.8 Å². The number of piperidine rings is 5. The summed E-state index contributed by atoms with van der Waals surface area (Å²) in [6.45, 7) is 10.7.